The first-order valence-corrected chi connectivity index (χ1v) is 7.08. The van der Waals surface area contributed by atoms with E-state index < -0.39 is 0 Å². The molecular formula is C16H21N3O. The molecule has 3 rings (SSSR count). The number of likely N-dealkylation sites (N-methyl/N-ethyl adjacent to an activating group) is 1. The van der Waals surface area contributed by atoms with Crippen LogP contribution < -0.4 is 10.6 Å². The Morgan fingerprint density at radius 1 is 1.35 bits per heavy atom. The molecule has 0 aliphatic carbocycles. The molecule has 20 heavy (non-hydrogen) atoms. The van der Waals surface area contributed by atoms with Gasteiger partial charge in [-0.3, -0.25) is 4.90 Å². The van der Waals surface area contributed by atoms with Crippen LogP contribution in [0, 0.1) is 0 Å². The minimum atomic E-state index is 0.268. The second-order valence-electron chi connectivity index (χ2n) is 5.60. The van der Waals surface area contributed by atoms with Crippen molar-refractivity contribution in [2.24, 2.45) is 0 Å². The summed E-state index contributed by atoms with van der Waals surface area (Å²) in [6, 6.07) is 5.71. The average Bonchev–Trinajstić information content (AvgIpc) is 2.88. The summed E-state index contributed by atoms with van der Waals surface area (Å²) in [5, 5.41) is 10.0. The zero-order chi connectivity index (χ0) is 14.1. The Kier molecular flexibility index (Phi) is 3.40. The highest BCUT2D eigenvalue weighted by Gasteiger charge is 2.26. The van der Waals surface area contributed by atoms with Crippen molar-refractivity contribution in [1.82, 2.24) is 4.90 Å². The molecule has 0 bridgehead atoms. The number of hydrogen-bond donors (Lipinski definition) is 2. The Morgan fingerprint density at radius 2 is 2.20 bits per heavy atom. The van der Waals surface area contributed by atoms with E-state index in [1.807, 2.05) is 18.3 Å². The molecule has 1 atom stereocenters. The first kappa shape index (κ1) is 13.1. The molecule has 0 amide bonds. The largest absolute Gasteiger partial charge is 0.506 e. The lowest BCUT2D eigenvalue weighted by Crippen LogP contribution is -2.33. The minimum absolute atomic E-state index is 0.268. The van der Waals surface area contributed by atoms with E-state index in [1.54, 1.807) is 12.1 Å². The number of nitrogens with two attached hydrogens (primary N) is 1. The smallest absolute Gasteiger partial charge is 0.139 e. The normalized spacial score (nSPS) is 23.1. The highest BCUT2D eigenvalue weighted by Crippen LogP contribution is 2.33. The number of phenolic OH excluding ortho intramolecular Hbond substituents is 1. The Hall–Kier alpha value is -1.94. The summed E-state index contributed by atoms with van der Waals surface area (Å²) in [7, 11) is 2.18. The van der Waals surface area contributed by atoms with Gasteiger partial charge in [-0.2, -0.15) is 0 Å². The number of aromatic hydroxyl groups is 1. The second kappa shape index (κ2) is 5.21. The third kappa shape index (κ3) is 2.39. The van der Waals surface area contributed by atoms with Crippen LogP contribution in [0.25, 0.3) is 0 Å². The van der Waals surface area contributed by atoms with Gasteiger partial charge in [0.05, 0.1) is 5.69 Å². The van der Waals surface area contributed by atoms with Crippen LogP contribution in [0.5, 0.6) is 5.75 Å². The Morgan fingerprint density at radius 3 is 2.95 bits per heavy atom. The highest BCUT2D eigenvalue weighted by atomic mass is 16.3. The molecule has 4 heteroatoms. The van der Waals surface area contributed by atoms with Gasteiger partial charge in [-0.05, 0) is 56.3 Å². The lowest BCUT2D eigenvalue weighted by atomic mass is 10.0. The number of allylic oxidation sites excluding steroid dienone is 2. The van der Waals surface area contributed by atoms with Crippen molar-refractivity contribution in [2.75, 3.05) is 30.8 Å². The zero-order valence-corrected chi connectivity index (χ0v) is 11.8. The van der Waals surface area contributed by atoms with Crippen molar-refractivity contribution in [1.29, 1.82) is 0 Å². The minimum Gasteiger partial charge on any atom is -0.506 e. The van der Waals surface area contributed by atoms with Gasteiger partial charge in [-0.1, -0.05) is 6.08 Å². The highest BCUT2D eigenvalue weighted by molar-refractivity contribution is 5.67. The van der Waals surface area contributed by atoms with E-state index >= 15 is 0 Å². The molecule has 1 saturated heterocycles. The topological polar surface area (TPSA) is 52.7 Å². The molecule has 3 N–H and O–H groups in total. The molecule has 0 aromatic heterocycles. The van der Waals surface area contributed by atoms with Gasteiger partial charge in [0.1, 0.15) is 5.75 Å². The summed E-state index contributed by atoms with van der Waals surface area (Å²) in [5.41, 5.74) is 8.66. The van der Waals surface area contributed by atoms with E-state index in [0.29, 0.717) is 11.7 Å². The van der Waals surface area contributed by atoms with Gasteiger partial charge in [-0.25, -0.2) is 0 Å². The molecule has 0 unspecified atom stereocenters. The van der Waals surface area contributed by atoms with Crippen LogP contribution >= 0.6 is 0 Å². The maximum atomic E-state index is 10.0. The monoisotopic (exact) mass is 271 g/mol. The van der Waals surface area contributed by atoms with Gasteiger partial charge in [-0.15, -0.1) is 0 Å². The standard InChI is InChI=1S/C16H21N3O/c1-18-8-3-5-14(18)12-4-2-9-19(11-12)15-10-13(17)6-7-16(15)20/h2,4,6-7,9-10,14,20H,3,5,8,11,17H2,1H3/t14-/m0/s1. The summed E-state index contributed by atoms with van der Waals surface area (Å²) in [4.78, 5) is 4.47. The second-order valence-corrected chi connectivity index (χ2v) is 5.60. The summed E-state index contributed by atoms with van der Waals surface area (Å²) in [6.07, 6.45) is 8.71. The van der Waals surface area contributed by atoms with Crippen LogP contribution in [0.1, 0.15) is 12.8 Å². The summed E-state index contributed by atoms with van der Waals surface area (Å²) < 4.78 is 0. The Bertz CT molecular complexity index is 565. The van der Waals surface area contributed by atoms with Crippen LogP contribution in [-0.2, 0) is 0 Å². The van der Waals surface area contributed by atoms with Crippen LogP contribution in [0.15, 0.2) is 42.1 Å². The van der Waals surface area contributed by atoms with Gasteiger partial charge in [0.25, 0.3) is 0 Å². The molecule has 1 fully saturated rings. The van der Waals surface area contributed by atoms with Crippen LogP contribution in [-0.4, -0.2) is 36.2 Å². The molecule has 2 aliphatic rings. The first-order chi connectivity index (χ1) is 9.65. The number of phenols is 1. The summed E-state index contributed by atoms with van der Waals surface area (Å²) in [6.45, 7) is 1.97. The van der Waals surface area contributed by atoms with Gasteiger partial charge >= 0.3 is 0 Å². The lowest BCUT2D eigenvalue weighted by Gasteiger charge is -2.30. The zero-order valence-electron chi connectivity index (χ0n) is 11.8. The lowest BCUT2D eigenvalue weighted by molar-refractivity contribution is 0.342. The van der Waals surface area contributed by atoms with Gasteiger partial charge < -0.3 is 15.7 Å². The molecule has 2 heterocycles. The molecular weight excluding hydrogens is 250 g/mol. The predicted molar refractivity (Wildman–Crippen MR) is 82.7 cm³/mol. The SMILES string of the molecule is CN1CCC[C@H]1C1=CC=CN(c2cc(N)ccc2O)C1. The van der Waals surface area contributed by atoms with Crippen molar-refractivity contribution in [3.63, 3.8) is 0 Å². The third-order valence-corrected chi connectivity index (χ3v) is 4.19. The van der Waals surface area contributed by atoms with E-state index in [-0.39, 0.29) is 5.75 Å². The fourth-order valence-corrected chi connectivity index (χ4v) is 3.10. The molecule has 0 radical (unpaired) electrons. The van der Waals surface area contributed by atoms with E-state index in [2.05, 4.69) is 22.9 Å². The van der Waals surface area contributed by atoms with Crippen molar-refractivity contribution < 1.29 is 5.11 Å². The number of anilines is 2. The molecule has 1 aromatic rings. The maximum Gasteiger partial charge on any atom is 0.139 e. The van der Waals surface area contributed by atoms with E-state index in [4.69, 9.17) is 5.73 Å². The molecule has 0 spiro atoms. The van der Waals surface area contributed by atoms with Gasteiger partial charge in [0.2, 0.25) is 0 Å². The number of likely N-dealkylation sites (tertiary alicyclic amines) is 1. The first-order valence-electron chi connectivity index (χ1n) is 7.08. The molecule has 4 nitrogen and oxygen atoms in total. The molecule has 1 aromatic carbocycles. The molecule has 2 aliphatic heterocycles. The molecule has 106 valence electrons. The van der Waals surface area contributed by atoms with E-state index in [1.165, 1.54) is 18.4 Å². The van der Waals surface area contributed by atoms with Crippen LogP contribution in [0.2, 0.25) is 0 Å². The number of nitrogens with zero attached hydrogens (tertiary/aromatic N) is 2. The predicted octanol–water partition coefficient (Wildman–Crippen LogP) is 2.33. The van der Waals surface area contributed by atoms with Gasteiger partial charge in [0, 0.05) is 24.5 Å². The van der Waals surface area contributed by atoms with Crippen molar-refractivity contribution in [2.45, 2.75) is 18.9 Å². The third-order valence-electron chi connectivity index (χ3n) is 4.19. The number of rotatable bonds is 2. The number of hydrogen-bond acceptors (Lipinski definition) is 4. The maximum absolute atomic E-state index is 10.0. The van der Waals surface area contributed by atoms with Crippen molar-refractivity contribution >= 4 is 11.4 Å². The van der Waals surface area contributed by atoms with E-state index in [0.717, 1.165) is 18.8 Å². The Labute approximate surface area is 119 Å². The summed E-state index contributed by atoms with van der Waals surface area (Å²) in [5.74, 6) is 0.268. The Balaban J connectivity index is 1.83. The van der Waals surface area contributed by atoms with Gasteiger partial charge in [0.15, 0.2) is 0 Å². The number of benzene rings is 1. The van der Waals surface area contributed by atoms with Crippen LogP contribution in [0.3, 0.4) is 0 Å². The summed E-state index contributed by atoms with van der Waals surface area (Å²) >= 11 is 0. The fourth-order valence-electron chi connectivity index (χ4n) is 3.10. The quantitative estimate of drug-likeness (QED) is 0.640. The van der Waals surface area contributed by atoms with Crippen molar-refractivity contribution in [3.05, 3.63) is 42.1 Å². The van der Waals surface area contributed by atoms with E-state index in [9.17, 15) is 5.11 Å². The van der Waals surface area contributed by atoms with Crippen LogP contribution in [0.4, 0.5) is 11.4 Å². The average molecular weight is 271 g/mol. The fraction of sp³-hybridized carbons (Fsp3) is 0.375. The molecule has 0 saturated carbocycles. The van der Waals surface area contributed by atoms with Crippen molar-refractivity contribution in [3.8, 4) is 5.75 Å². The number of nitrogen functional groups attached to an aromatic ring is 1.